The number of thiophene rings is 1. The van der Waals surface area contributed by atoms with Crippen molar-refractivity contribution in [1.82, 2.24) is 5.32 Å². The maximum Gasteiger partial charge on any atom is 0.345 e. The molecule has 1 amide bonds. The third-order valence-corrected chi connectivity index (χ3v) is 3.82. The molecule has 0 aliphatic rings. The summed E-state index contributed by atoms with van der Waals surface area (Å²) in [6.07, 6.45) is 1.94. The lowest BCUT2D eigenvalue weighted by Crippen LogP contribution is -2.32. The summed E-state index contributed by atoms with van der Waals surface area (Å²) in [4.78, 5) is 23.3. The number of hydrogen-bond acceptors (Lipinski definition) is 3. The Labute approximate surface area is 117 Å². The largest absolute Gasteiger partial charge is 0.477 e. The van der Waals surface area contributed by atoms with Crippen LogP contribution in [0.15, 0.2) is 12.1 Å². The highest BCUT2D eigenvalue weighted by molar-refractivity contribution is 7.15. The SMILES string of the molecule is CC(CCC(C)(C)C)NC(=O)c1ccc(C(=O)O)s1. The first-order valence-corrected chi connectivity index (χ1v) is 7.15. The Morgan fingerprint density at radius 1 is 1.32 bits per heavy atom. The van der Waals surface area contributed by atoms with Crippen molar-refractivity contribution in [2.24, 2.45) is 5.41 Å². The lowest BCUT2D eigenvalue weighted by Gasteiger charge is -2.21. The Balaban J connectivity index is 2.52. The fourth-order valence-electron chi connectivity index (χ4n) is 1.59. The molecule has 0 aromatic carbocycles. The zero-order chi connectivity index (χ0) is 14.6. The monoisotopic (exact) mass is 283 g/mol. The van der Waals surface area contributed by atoms with E-state index in [2.05, 4.69) is 26.1 Å². The van der Waals surface area contributed by atoms with E-state index in [1.807, 2.05) is 6.92 Å². The average molecular weight is 283 g/mol. The van der Waals surface area contributed by atoms with Gasteiger partial charge in [-0.25, -0.2) is 4.79 Å². The standard InChI is InChI=1S/C14H21NO3S/c1-9(7-8-14(2,3)4)15-12(16)10-5-6-11(19-10)13(17)18/h5-6,9H,7-8H2,1-4H3,(H,15,16)(H,17,18). The van der Waals surface area contributed by atoms with Crippen molar-refractivity contribution in [2.75, 3.05) is 0 Å². The van der Waals surface area contributed by atoms with Crippen LogP contribution in [0.2, 0.25) is 0 Å². The second kappa shape index (κ2) is 6.19. The van der Waals surface area contributed by atoms with E-state index in [0.29, 0.717) is 4.88 Å². The smallest absolute Gasteiger partial charge is 0.345 e. The van der Waals surface area contributed by atoms with Gasteiger partial charge in [-0.2, -0.15) is 0 Å². The minimum absolute atomic E-state index is 0.0853. The maximum absolute atomic E-state index is 11.9. The van der Waals surface area contributed by atoms with Gasteiger partial charge in [0.15, 0.2) is 0 Å². The molecule has 0 fully saturated rings. The number of amides is 1. The minimum Gasteiger partial charge on any atom is -0.477 e. The molecule has 0 spiro atoms. The zero-order valence-corrected chi connectivity index (χ0v) is 12.6. The summed E-state index contributed by atoms with van der Waals surface area (Å²) < 4.78 is 0. The maximum atomic E-state index is 11.9. The van der Waals surface area contributed by atoms with Crippen molar-refractivity contribution in [3.05, 3.63) is 21.9 Å². The van der Waals surface area contributed by atoms with Crippen molar-refractivity contribution in [3.8, 4) is 0 Å². The van der Waals surface area contributed by atoms with Crippen LogP contribution in [0.5, 0.6) is 0 Å². The van der Waals surface area contributed by atoms with Crippen molar-refractivity contribution in [1.29, 1.82) is 0 Å². The molecule has 1 unspecified atom stereocenters. The molecule has 0 radical (unpaired) electrons. The van der Waals surface area contributed by atoms with Crippen LogP contribution in [0, 0.1) is 5.41 Å². The molecule has 0 aliphatic heterocycles. The molecule has 1 aromatic rings. The topological polar surface area (TPSA) is 66.4 Å². The van der Waals surface area contributed by atoms with Crippen molar-refractivity contribution in [3.63, 3.8) is 0 Å². The second-order valence-corrected chi connectivity index (χ2v) is 7.03. The summed E-state index contributed by atoms with van der Waals surface area (Å²) in [7, 11) is 0. The van der Waals surface area contributed by atoms with E-state index in [1.165, 1.54) is 6.07 Å². The van der Waals surface area contributed by atoms with Gasteiger partial charge in [0.2, 0.25) is 0 Å². The normalized spacial score (nSPS) is 13.1. The van der Waals surface area contributed by atoms with Gasteiger partial charge in [0.25, 0.3) is 5.91 Å². The lowest BCUT2D eigenvalue weighted by molar-refractivity contribution is 0.0702. The molecule has 1 atom stereocenters. The molecule has 1 rings (SSSR count). The molecule has 19 heavy (non-hydrogen) atoms. The highest BCUT2D eigenvalue weighted by Crippen LogP contribution is 2.22. The fraction of sp³-hybridized carbons (Fsp3) is 0.571. The van der Waals surface area contributed by atoms with E-state index in [1.54, 1.807) is 6.07 Å². The molecule has 4 nitrogen and oxygen atoms in total. The van der Waals surface area contributed by atoms with Crippen LogP contribution in [-0.2, 0) is 0 Å². The fourth-order valence-corrected chi connectivity index (χ4v) is 2.34. The Morgan fingerprint density at radius 3 is 2.37 bits per heavy atom. The number of carboxylic acids is 1. The van der Waals surface area contributed by atoms with Crippen molar-refractivity contribution >= 4 is 23.2 Å². The molecule has 5 heteroatoms. The van der Waals surface area contributed by atoms with E-state index < -0.39 is 5.97 Å². The van der Waals surface area contributed by atoms with Gasteiger partial charge in [-0.3, -0.25) is 4.79 Å². The minimum atomic E-state index is -0.996. The summed E-state index contributed by atoms with van der Waals surface area (Å²) in [6, 6.07) is 3.10. The van der Waals surface area contributed by atoms with Crippen LogP contribution in [0.4, 0.5) is 0 Å². The van der Waals surface area contributed by atoms with Gasteiger partial charge in [0.05, 0.1) is 4.88 Å². The van der Waals surface area contributed by atoms with Gasteiger partial charge in [0.1, 0.15) is 4.88 Å². The Kier molecular flexibility index (Phi) is 5.11. The highest BCUT2D eigenvalue weighted by Gasteiger charge is 2.17. The quantitative estimate of drug-likeness (QED) is 0.870. The first-order valence-electron chi connectivity index (χ1n) is 6.33. The van der Waals surface area contributed by atoms with Crippen LogP contribution in [0.3, 0.4) is 0 Å². The first kappa shape index (κ1) is 15.7. The van der Waals surface area contributed by atoms with Crippen LogP contribution < -0.4 is 5.32 Å². The number of nitrogens with one attached hydrogen (secondary N) is 1. The number of carbonyl (C=O) groups excluding carboxylic acids is 1. The highest BCUT2D eigenvalue weighted by atomic mass is 32.1. The summed E-state index contributed by atoms with van der Waals surface area (Å²) in [5.74, 6) is -1.19. The number of hydrogen-bond donors (Lipinski definition) is 2. The van der Waals surface area contributed by atoms with Crippen LogP contribution >= 0.6 is 11.3 Å². The molecule has 106 valence electrons. The van der Waals surface area contributed by atoms with Gasteiger partial charge in [0, 0.05) is 6.04 Å². The first-order chi connectivity index (χ1) is 8.69. The molecule has 0 saturated heterocycles. The van der Waals surface area contributed by atoms with E-state index in [9.17, 15) is 9.59 Å². The van der Waals surface area contributed by atoms with Gasteiger partial charge in [-0.05, 0) is 37.3 Å². The van der Waals surface area contributed by atoms with Gasteiger partial charge >= 0.3 is 5.97 Å². The zero-order valence-electron chi connectivity index (χ0n) is 11.8. The third kappa shape index (κ3) is 5.42. The molecule has 0 bridgehead atoms. The van der Waals surface area contributed by atoms with Gasteiger partial charge in [-0.15, -0.1) is 11.3 Å². The Bertz CT molecular complexity index is 460. The summed E-state index contributed by atoms with van der Waals surface area (Å²) in [5.41, 5.74) is 0.248. The molecule has 2 N–H and O–H groups in total. The molecule has 1 aromatic heterocycles. The summed E-state index contributed by atoms with van der Waals surface area (Å²) >= 11 is 1.00. The molecule has 0 aliphatic carbocycles. The number of carbonyl (C=O) groups is 2. The Morgan fingerprint density at radius 2 is 1.89 bits per heavy atom. The molecule has 1 heterocycles. The number of aromatic carboxylic acids is 1. The molecular formula is C14H21NO3S. The Hall–Kier alpha value is -1.36. The molecular weight excluding hydrogens is 262 g/mol. The predicted molar refractivity (Wildman–Crippen MR) is 76.9 cm³/mol. The second-order valence-electron chi connectivity index (χ2n) is 5.94. The van der Waals surface area contributed by atoms with Gasteiger partial charge < -0.3 is 10.4 Å². The van der Waals surface area contributed by atoms with Crippen LogP contribution in [0.1, 0.15) is 59.9 Å². The van der Waals surface area contributed by atoms with Crippen molar-refractivity contribution in [2.45, 2.75) is 46.6 Å². The average Bonchev–Trinajstić information content (AvgIpc) is 2.74. The van der Waals surface area contributed by atoms with E-state index in [0.717, 1.165) is 24.2 Å². The lowest BCUT2D eigenvalue weighted by atomic mass is 9.89. The summed E-state index contributed by atoms with van der Waals surface area (Å²) in [6.45, 7) is 8.47. The van der Waals surface area contributed by atoms with E-state index in [4.69, 9.17) is 5.11 Å². The van der Waals surface area contributed by atoms with E-state index >= 15 is 0 Å². The van der Waals surface area contributed by atoms with Gasteiger partial charge in [-0.1, -0.05) is 20.8 Å². The van der Waals surface area contributed by atoms with Crippen molar-refractivity contribution < 1.29 is 14.7 Å². The summed E-state index contributed by atoms with van der Waals surface area (Å²) in [5, 5.41) is 11.7. The third-order valence-electron chi connectivity index (χ3n) is 2.75. The van der Waals surface area contributed by atoms with E-state index in [-0.39, 0.29) is 22.2 Å². The number of carboxylic acid groups (broad SMARTS) is 1. The number of rotatable bonds is 5. The molecule has 0 saturated carbocycles. The van der Waals surface area contributed by atoms with Crippen LogP contribution in [0.25, 0.3) is 0 Å². The van der Waals surface area contributed by atoms with Crippen LogP contribution in [-0.4, -0.2) is 23.0 Å². The predicted octanol–water partition coefficient (Wildman–Crippen LogP) is 3.39.